The standard InChI is InChI=1S/C34H34N2O4/c1-22-6-12-27(13-7-22)33(37)35-29-18-24(3)10-16-31(29)39-20-26(5)21-40-32-17-11-25(4)19-30(32)36-34(38)28-14-8-23(2)9-15-28/h6-19H,5,20-21H2,1-4H3,(H,35,37)(H,36,38). The molecule has 0 aliphatic carbocycles. The van der Waals surface area contributed by atoms with Crippen LogP contribution in [0, 0.1) is 27.7 Å². The second-order valence-electron chi connectivity index (χ2n) is 9.97. The van der Waals surface area contributed by atoms with Crippen LogP contribution in [-0.4, -0.2) is 25.0 Å². The number of carbonyl (C=O) groups excluding carboxylic acids is 2. The molecule has 0 spiro atoms. The Hall–Kier alpha value is -4.84. The first-order valence-electron chi connectivity index (χ1n) is 13.1. The van der Waals surface area contributed by atoms with Gasteiger partial charge in [-0.3, -0.25) is 9.59 Å². The van der Waals surface area contributed by atoms with Crippen molar-refractivity contribution in [1.82, 2.24) is 0 Å². The van der Waals surface area contributed by atoms with Gasteiger partial charge in [-0.1, -0.05) is 54.1 Å². The van der Waals surface area contributed by atoms with E-state index in [0.717, 1.165) is 22.3 Å². The Morgan fingerprint density at radius 1 is 0.575 bits per heavy atom. The third kappa shape index (κ3) is 7.60. The summed E-state index contributed by atoms with van der Waals surface area (Å²) in [5.74, 6) is 0.650. The molecule has 0 saturated carbocycles. The van der Waals surface area contributed by atoms with Crippen molar-refractivity contribution in [2.75, 3.05) is 23.8 Å². The zero-order valence-corrected chi connectivity index (χ0v) is 23.3. The van der Waals surface area contributed by atoms with Crippen LogP contribution in [0.1, 0.15) is 43.0 Å². The summed E-state index contributed by atoms with van der Waals surface area (Å²) in [6.45, 7) is 12.3. The highest BCUT2D eigenvalue weighted by atomic mass is 16.5. The first kappa shape index (κ1) is 28.2. The van der Waals surface area contributed by atoms with Gasteiger partial charge in [-0.2, -0.15) is 0 Å². The number of rotatable bonds is 10. The normalized spacial score (nSPS) is 10.5. The molecule has 2 N–H and O–H groups in total. The molecule has 0 saturated heterocycles. The topological polar surface area (TPSA) is 76.7 Å². The van der Waals surface area contributed by atoms with Gasteiger partial charge in [0.2, 0.25) is 0 Å². The van der Waals surface area contributed by atoms with Gasteiger partial charge in [0.1, 0.15) is 24.7 Å². The molecule has 4 aromatic rings. The predicted octanol–water partition coefficient (Wildman–Crippen LogP) is 7.44. The molecule has 0 bridgehead atoms. The van der Waals surface area contributed by atoms with Crippen LogP contribution in [0.4, 0.5) is 11.4 Å². The molecular weight excluding hydrogens is 500 g/mol. The van der Waals surface area contributed by atoms with E-state index in [0.29, 0.717) is 39.6 Å². The van der Waals surface area contributed by atoms with Gasteiger partial charge < -0.3 is 20.1 Å². The van der Waals surface area contributed by atoms with Gasteiger partial charge in [0, 0.05) is 11.1 Å². The number of anilines is 2. The van der Waals surface area contributed by atoms with Gasteiger partial charge in [-0.05, 0) is 92.9 Å². The van der Waals surface area contributed by atoms with Gasteiger partial charge >= 0.3 is 0 Å². The summed E-state index contributed by atoms with van der Waals surface area (Å²) in [7, 11) is 0. The number of aryl methyl sites for hydroxylation is 4. The lowest BCUT2D eigenvalue weighted by atomic mass is 10.1. The summed E-state index contributed by atoms with van der Waals surface area (Å²) >= 11 is 0. The molecule has 0 aromatic heterocycles. The van der Waals surface area contributed by atoms with E-state index in [9.17, 15) is 9.59 Å². The summed E-state index contributed by atoms with van der Waals surface area (Å²) in [4.78, 5) is 25.6. The zero-order chi connectivity index (χ0) is 28.6. The van der Waals surface area contributed by atoms with E-state index in [1.54, 1.807) is 24.3 Å². The molecule has 0 atom stereocenters. The first-order valence-corrected chi connectivity index (χ1v) is 13.1. The van der Waals surface area contributed by atoms with Gasteiger partial charge in [-0.25, -0.2) is 0 Å². The van der Waals surface area contributed by atoms with E-state index in [1.165, 1.54) is 0 Å². The number of amides is 2. The molecule has 204 valence electrons. The maximum Gasteiger partial charge on any atom is 0.255 e. The first-order chi connectivity index (χ1) is 19.2. The third-order valence-corrected chi connectivity index (χ3v) is 6.26. The summed E-state index contributed by atoms with van der Waals surface area (Å²) in [5, 5.41) is 5.90. The molecule has 0 radical (unpaired) electrons. The second kappa shape index (κ2) is 12.8. The minimum atomic E-state index is -0.211. The Kier molecular flexibility index (Phi) is 9.02. The van der Waals surface area contributed by atoms with E-state index in [1.807, 2.05) is 88.4 Å². The minimum Gasteiger partial charge on any atom is -0.487 e. The maximum atomic E-state index is 12.8. The molecule has 2 amide bonds. The summed E-state index contributed by atoms with van der Waals surface area (Å²) in [5.41, 5.74) is 7.15. The van der Waals surface area contributed by atoms with Crippen LogP contribution in [0.15, 0.2) is 97.1 Å². The highest BCUT2D eigenvalue weighted by molar-refractivity contribution is 6.05. The van der Waals surface area contributed by atoms with Crippen LogP contribution < -0.4 is 20.1 Å². The predicted molar refractivity (Wildman–Crippen MR) is 161 cm³/mol. The van der Waals surface area contributed by atoms with Crippen molar-refractivity contribution in [3.8, 4) is 11.5 Å². The zero-order valence-electron chi connectivity index (χ0n) is 23.3. The van der Waals surface area contributed by atoms with Gasteiger partial charge in [0.25, 0.3) is 11.8 Å². The van der Waals surface area contributed by atoms with Crippen LogP contribution in [0.2, 0.25) is 0 Å². The van der Waals surface area contributed by atoms with E-state index in [2.05, 4.69) is 17.2 Å². The van der Waals surface area contributed by atoms with Crippen molar-refractivity contribution in [1.29, 1.82) is 0 Å². The van der Waals surface area contributed by atoms with Gasteiger partial charge in [-0.15, -0.1) is 0 Å². The highest BCUT2D eigenvalue weighted by Gasteiger charge is 2.13. The lowest BCUT2D eigenvalue weighted by Gasteiger charge is -2.16. The van der Waals surface area contributed by atoms with Crippen LogP contribution in [0.5, 0.6) is 11.5 Å². The Bertz CT molecular complexity index is 1410. The molecule has 0 aliphatic heterocycles. The Labute approximate surface area is 235 Å². The fourth-order valence-corrected chi connectivity index (χ4v) is 3.93. The number of benzene rings is 4. The van der Waals surface area contributed by atoms with Crippen LogP contribution in [0.25, 0.3) is 0 Å². The fraction of sp³-hybridized carbons (Fsp3) is 0.176. The fourth-order valence-electron chi connectivity index (χ4n) is 3.93. The molecule has 0 fully saturated rings. The molecule has 4 rings (SSSR count). The molecule has 4 aromatic carbocycles. The quantitative estimate of drug-likeness (QED) is 0.207. The Balaban J connectivity index is 1.37. The molecule has 0 heterocycles. The number of carbonyl (C=O) groups is 2. The Morgan fingerprint density at radius 2 is 0.925 bits per heavy atom. The molecule has 40 heavy (non-hydrogen) atoms. The van der Waals surface area contributed by atoms with Crippen LogP contribution in [0.3, 0.4) is 0 Å². The summed E-state index contributed by atoms with van der Waals surface area (Å²) in [6.07, 6.45) is 0. The van der Waals surface area contributed by atoms with E-state index >= 15 is 0 Å². The number of ether oxygens (including phenoxy) is 2. The SMILES string of the molecule is C=C(COc1ccc(C)cc1NC(=O)c1ccc(C)cc1)COc1ccc(C)cc1NC(=O)c1ccc(C)cc1. The molecule has 6 heteroatoms. The lowest BCUT2D eigenvalue weighted by Crippen LogP contribution is -2.15. The van der Waals surface area contributed by atoms with Crippen molar-refractivity contribution in [2.24, 2.45) is 0 Å². The smallest absolute Gasteiger partial charge is 0.255 e. The van der Waals surface area contributed by atoms with Gasteiger partial charge in [0.15, 0.2) is 0 Å². The lowest BCUT2D eigenvalue weighted by molar-refractivity contribution is 0.101. The largest absolute Gasteiger partial charge is 0.487 e. The van der Waals surface area contributed by atoms with E-state index in [4.69, 9.17) is 9.47 Å². The molecule has 0 aliphatic rings. The molecule has 0 unspecified atom stereocenters. The van der Waals surface area contributed by atoms with Crippen molar-refractivity contribution in [3.05, 3.63) is 130 Å². The van der Waals surface area contributed by atoms with Crippen molar-refractivity contribution >= 4 is 23.2 Å². The second-order valence-corrected chi connectivity index (χ2v) is 9.97. The summed E-state index contributed by atoms with van der Waals surface area (Å²) in [6, 6.07) is 26.0. The number of nitrogens with one attached hydrogen (secondary N) is 2. The molecule has 6 nitrogen and oxygen atoms in total. The summed E-state index contributed by atoms with van der Waals surface area (Å²) < 4.78 is 12.0. The average Bonchev–Trinajstić information content (AvgIpc) is 2.93. The van der Waals surface area contributed by atoms with Gasteiger partial charge in [0.05, 0.1) is 11.4 Å². The van der Waals surface area contributed by atoms with Crippen molar-refractivity contribution in [3.63, 3.8) is 0 Å². The third-order valence-electron chi connectivity index (χ3n) is 6.26. The van der Waals surface area contributed by atoms with Crippen LogP contribution >= 0.6 is 0 Å². The minimum absolute atomic E-state index is 0.188. The Morgan fingerprint density at radius 3 is 1.30 bits per heavy atom. The van der Waals surface area contributed by atoms with E-state index < -0.39 is 0 Å². The monoisotopic (exact) mass is 534 g/mol. The van der Waals surface area contributed by atoms with Crippen molar-refractivity contribution in [2.45, 2.75) is 27.7 Å². The highest BCUT2D eigenvalue weighted by Crippen LogP contribution is 2.29. The number of hydrogen-bond donors (Lipinski definition) is 2. The van der Waals surface area contributed by atoms with Crippen LogP contribution in [-0.2, 0) is 0 Å². The van der Waals surface area contributed by atoms with E-state index in [-0.39, 0.29) is 25.0 Å². The average molecular weight is 535 g/mol. The molecular formula is C34H34N2O4. The van der Waals surface area contributed by atoms with Crippen molar-refractivity contribution < 1.29 is 19.1 Å². The number of hydrogen-bond acceptors (Lipinski definition) is 4. The maximum absolute atomic E-state index is 12.8.